The fourth-order valence-electron chi connectivity index (χ4n) is 3.98. The Morgan fingerprint density at radius 1 is 1.00 bits per heavy atom. The lowest BCUT2D eigenvalue weighted by Crippen LogP contribution is -2.29. The molecule has 5 rings (SSSR count). The lowest BCUT2D eigenvalue weighted by Gasteiger charge is -2.26. The van der Waals surface area contributed by atoms with Gasteiger partial charge in [-0.1, -0.05) is 54.6 Å². The highest BCUT2D eigenvalue weighted by Crippen LogP contribution is 2.45. The molecule has 1 aliphatic heterocycles. The fraction of sp³-hybridized carbons (Fsp3) is 0.0417. The first-order valence-corrected chi connectivity index (χ1v) is 9.58. The smallest absolute Gasteiger partial charge is 0.277 e. The predicted octanol–water partition coefficient (Wildman–Crippen LogP) is 3.33. The van der Waals surface area contributed by atoms with Gasteiger partial charge in [-0.25, -0.2) is 4.39 Å². The van der Waals surface area contributed by atoms with Gasteiger partial charge in [0.15, 0.2) is 0 Å². The number of aromatic carboxylic acids is 1. The van der Waals surface area contributed by atoms with E-state index >= 15 is 0 Å². The van der Waals surface area contributed by atoms with E-state index < -0.39 is 17.8 Å². The van der Waals surface area contributed by atoms with Gasteiger partial charge in [0.2, 0.25) is 0 Å². The molecule has 31 heavy (non-hydrogen) atoms. The third kappa shape index (κ3) is 3.07. The lowest BCUT2D eigenvalue weighted by atomic mass is 9.95. The van der Waals surface area contributed by atoms with Crippen LogP contribution in [-0.2, 0) is 0 Å². The summed E-state index contributed by atoms with van der Waals surface area (Å²) in [6.45, 7) is 0. The van der Waals surface area contributed by atoms with Gasteiger partial charge in [-0.3, -0.25) is 14.8 Å². The molecule has 0 saturated heterocycles. The van der Waals surface area contributed by atoms with E-state index in [4.69, 9.17) is 0 Å². The highest BCUT2D eigenvalue weighted by atomic mass is 19.1. The summed E-state index contributed by atoms with van der Waals surface area (Å²) in [5.74, 6) is -2.06. The molecule has 4 aromatic rings. The first-order chi connectivity index (χ1) is 15.0. The molecule has 3 aromatic carbocycles. The molecule has 1 atom stereocenters. The Bertz CT molecular complexity index is 1300. The monoisotopic (exact) mass is 412 g/mol. The summed E-state index contributed by atoms with van der Waals surface area (Å²) in [6, 6.07) is 20.7. The fourth-order valence-corrected chi connectivity index (χ4v) is 3.98. The van der Waals surface area contributed by atoms with Crippen molar-refractivity contribution in [3.05, 3.63) is 107 Å². The minimum Gasteiger partial charge on any atom is -0.545 e. The van der Waals surface area contributed by atoms with Crippen LogP contribution in [0.2, 0.25) is 0 Å². The first-order valence-electron chi connectivity index (χ1n) is 9.58. The van der Waals surface area contributed by atoms with Crippen LogP contribution in [0, 0.1) is 5.82 Å². The summed E-state index contributed by atoms with van der Waals surface area (Å²) in [5.41, 5.74) is 3.45. The number of amides is 1. The van der Waals surface area contributed by atoms with Crippen molar-refractivity contribution in [3.63, 3.8) is 0 Å². The molecule has 1 aromatic heterocycles. The number of aromatic nitrogens is 2. The summed E-state index contributed by atoms with van der Waals surface area (Å²) in [5, 5.41) is 18.3. The van der Waals surface area contributed by atoms with Crippen molar-refractivity contribution in [1.29, 1.82) is 0 Å². The van der Waals surface area contributed by atoms with E-state index in [9.17, 15) is 19.1 Å². The topological polar surface area (TPSA) is 89.1 Å². The zero-order chi connectivity index (χ0) is 21.5. The van der Waals surface area contributed by atoms with Crippen molar-refractivity contribution in [2.24, 2.45) is 0 Å². The van der Waals surface area contributed by atoms with Crippen molar-refractivity contribution >= 4 is 17.6 Å². The molecule has 152 valence electrons. The molecule has 2 heterocycles. The van der Waals surface area contributed by atoms with Crippen molar-refractivity contribution < 1.29 is 19.1 Å². The van der Waals surface area contributed by atoms with E-state index in [0.29, 0.717) is 28.2 Å². The van der Waals surface area contributed by atoms with Gasteiger partial charge in [0.1, 0.15) is 11.5 Å². The molecule has 0 bridgehead atoms. The molecule has 1 N–H and O–H groups in total. The Morgan fingerprint density at radius 3 is 2.42 bits per heavy atom. The summed E-state index contributed by atoms with van der Waals surface area (Å²) in [6.07, 6.45) is 0. The minimum absolute atomic E-state index is 0.00265. The molecule has 7 heteroatoms. The number of anilines is 1. The van der Waals surface area contributed by atoms with E-state index in [1.54, 1.807) is 12.1 Å². The molecule has 0 aliphatic carbocycles. The number of aromatic amines is 1. The van der Waals surface area contributed by atoms with Gasteiger partial charge < -0.3 is 9.90 Å². The Balaban J connectivity index is 1.70. The SMILES string of the molecule is O=C([O-])c1ccc(N2C(=O)c3[nH]nc(-c4ccccc4)c3C2c2cccc(F)c2)cc1. The van der Waals surface area contributed by atoms with Crippen LogP contribution >= 0.6 is 0 Å². The van der Waals surface area contributed by atoms with Gasteiger partial charge >= 0.3 is 0 Å². The second kappa shape index (κ2) is 7.21. The number of benzene rings is 3. The molecule has 0 radical (unpaired) electrons. The number of rotatable bonds is 4. The van der Waals surface area contributed by atoms with Crippen LogP contribution in [0.15, 0.2) is 78.9 Å². The molecular weight excluding hydrogens is 397 g/mol. The number of carbonyl (C=O) groups is 2. The van der Waals surface area contributed by atoms with Gasteiger partial charge in [-0.15, -0.1) is 0 Å². The van der Waals surface area contributed by atoms with E-state index in [1.165, 1.54) is 41.3 Å². The first kappa shape index (κ1) is 18.7. The number of hydrogen-bond donors (Lipinski definition) is 1. The minimum atomic E-state index is -1.30. The van der Waals surface area contributed by atoms with Crippen LogP contribution < -0.4 is 10.0 Å². The second-order valence-electron chi connectivity index (χ2n) is 7.19. The Morgan fingerprint density at radius 2 is 1.74 bits per heavy atom. The molecule has 1 unspecified atom stereocenters. The van der Waals surface area contributed by atoms with Crippen LogP contribution in [0.5, 0.6) is 0 Å². The zero-order valence-corrected chi connectivity index (χ0v) is 16.1. The highest BCUT2D eigenvalue weighted by molar-refractivity contribution is 6.11. The molecule has 0 spiro atoms. The average Bonchev–Trinajstić information content (AvgIpc) is 3.33. The number of nitrogens with one attached hydrogen (secondary N) is 1. The van der Waals surface area contributed by atoms with Crippen LogP contribution in [-0.4, -0.2) is 22.1 Å². The summed E-state index contributed by atoms with van der Waals surface area (Å²) in [7, 11) is 0. The van der Waals surface area contributed by atoms with Crippen molar-refractivity contribution in [3.8, 4) is 11.3 Å². The number of fused-ring (bicyclic) bond motifs is 1. The van der Waals surface area contributed by atoms with Gasteiger partial charge in [0.05, 0.1) is 17.7 Å². The van der Waals surface area contributed by atoms with E-state index in [1.807, 2.05) is 30.3 Å². The summed E-state index contributed by atoms with van der Waals surface area (Å²) < 4.78 is 14.1. The number of H-pyrrole nitrogens is 1. The molecule has 0 saturated carbocycles. The quantitative estimate of drug-likeness (QED) is 0.557. The number of carboxylic acids is 1. The van der Waals surface area contributed by atoms with Gasteiger partial charge in [0, 0.05) is 16.8 Å². The van der Waals surface area contributed by atoms with Crippen LogP contribution in [0.1, 0.15) is 38.0 Å². The maximum absolute atomic E-state index is 14.1. The van der Waals surface area contributed by atoms with Crippen LogP contribution in [0.3, 0.4) is 0 Å². The van der Waals surface area contributed by atoms with Crippen LogP contribution in [0.25, 0.3) is 11.3 Å². The van der Waals surface area contributed by atoms with Crippen molar-refractivity contribution in [2.45, 2.75) is 6.04 Å². The normalized spacial score (nSPS) is 15.2. The number of carbonyl (C=O) groups excluding carboxylic acids is 2. The standard InChI is InChI=1S/C24H16FN3O3/c25-17-8-4-7-16(13-17)22-19-20(14-5-2-1-3-6-14)26-27-21(19)23(29)28(22)18-11-9-15(10-12-18)24(30)31/h1-13,22H,(H,26,27)(H,30,31)/p-1. The van der Waals surface area contributed by atoms with E-state index in [2.05, 4.69) is 10.2 Å². The van der Waals surface area contributed by atoms with Gasteiger partial charge in [-0.05, 0) is 35.4 Å². The third-order valence-corrected chi connectivity index (χ3v) is 5.36. The number of carboxylic acid groups (broad SMARTS) is 1. The third-order valence-electron chi connectivity index (χ3n) is 5.36. The Hall–Kier alpha value is -4.26. The maximum Gasteiger partial charge on any atom is 0.277 e. The van der Waals surface area contributed by atoms with Crippen molar-refractivity contribution in [1.82, 2.24) is 10.2 Å². The van der Waals surface area contributed by atoms with Gasteiger partial charge in [-0.2, -0.15) is 5.10 Å². The lowest BCUT2D eigenvalue weighted by molar-refractivity contribution is -0.255. The highest BCUT2D eigenvalue weighted by Gasteiger charge is 2.43. The molecule has 1 aliphatic rings. The Kier molecular flexibility index (Phi) is 4.36. The molecule has 0 fully saturated rings. The van der Waals surface area contributed by atoms with E-state index in [0.717, 1.165) is 5.56 Å². The van der Waals surface area contributed by atoms with E-state index in [-0.39, 0.29) is 11.5 Å². The zero-order valence-electron chi connectivity index (χ0n) is 16.1. The largest absolute Gasteiger partial charge is 0.545 e. The predicted molar refractivity (Wildman–Crippen MR) is 110 cm³/mol. The van der Waals surface area contributed by atoms with Crippen LogP contribution in [0.4, 0.5) is 10.1 Å². The second-order valence-corrected chi connectivity index (χ2v) is 7.19. The average molecular weight is 412 g/mol. The maximum atomic E-state index is 14.1. The van der Waals surface area contributed by atoms with Crippen molar-refractivity contribution in [2.75, 3.05) is 4.90 Å². The molecule has 1 amide bonds. The molecule has 6 nitrogen and oxygen atoms in total. The number of hydrogen-bond acceptors (Lipinski definition) is 4. The Labute approximate surface area is 176 Å². The summed E-state index contributed by atoms with van der Waals surface area (Å²) >= 11 is 0. The summed E-state index contributed by atoms with van der Waals surface area (Å²) in [4.78, 5) is 26.0. The number of nitrogens with zero attached hydrogens (tertiary/aromatic N) is 2. The molecular formula is C24H15FN3O3-. The van der Waals surface area contributed by atoms with Gasteiger partial charge in [0.25, 0.3) is 5.91 Å². The number of halogens is 1.